The van der Waals surface area contributed by atoms with Crippen molar-refractivity contribution in [1.82, 2.24) is 4.90 Å². The molecule has 3 rings (SSSR count). The summed E-state index contributed by atoms with van der Waals surface area (Å²) in [6.45, 7) is 21.0. The molecule has 2 aromatic rings. The van der Waals surface area contributed by atoms with E-state index in [1.165, 1.54) is 50.1 Å². The Labute approximate surface area is 264 Å². The van der Waals surface area contributed by atoms with Crippen LogP contribution in [-0.2, 0) is 29.9 Å². The van der Waals surface area contributed by atoms with Gasteiger partial charge in [0, 0.05) is 29.8 Å². The lowest BCUT2D eigenvalue weighted by atomic mass is 9.86. The molecule has 0 bridgehead atoms. The maximum atomic E-state index is 11.6. The first kappa shape index (κ1) is 36.6. The minimum Gasteiger partial charge on any atom is -0.507 e. The summed E-state index contributed by atoms with van der Waals surface area (Å²) in [5.41, 5.74) is 3.82. The zero-order chi connectivity index (χ0) is 32.8. The van der Waals surface area contributed by atoms with Crippen molar-refractivity contribution >= 4 is 24.1 Å². The molecule has 1 heterocycles. The molecular weight excluding hydrogens is 554 g/mol. The molecule has 2 aromatic carbocycles. The topological polar surface area (TPSA) is 85.3 Å². The Bertz CT molecular complexity index is 1260. The molecule has 7 nitrogen and oxygen atoms in total. The van der Waals surface area contributed by atoms with Crippen LogP contribution in [0.15, 0.2) is 48.6 Å². The Hall–Kier alpha value is -3.58. The number of carbonyl (C=O) groups excluding carboxylic acids is 2. The van der Waals surface area contributed by atoms with Crippen molar-refractivity contribution in [3.63, 3.8) is 0 Å². The fourth-order valence-electron chi connectivity index (χ4n) is 4.58. The second-order valence-electron chi connectivity index (χ2n) is 12.9. The predicted molar refractivity (Wildman–Crippen MR) is 179 cm³/mol. The molecule has 1 aliphatic rings. The van der Waals surface area contributed by atoms with Gasteiger partial charge in [0.05, 0.1) is 13.2 Å². The molecule has 0 unspecified atom stereocenters. The van der Waals surface area contributed by atoms with Crippen LogP contribution in [0.4, 0.5) is 0 Å². The van der Waals surface area contributed by atoms with Crippen molar-refractivity contribution in [3.8, 4) is 11.5 Å². The molecule has 44 heavy (non-hydrogen) atoms. The number of aromatic hydroxyl groups is 1. The molecule has 0 aromatic heterocycles. The van der Waals surface area contributed by atoms with Gasteiger partial charge in [0.25, 0.3) is 0 Å². The molecule has 0 atom stereocenters. The van der Waals surface area contributed by atoms with Crippen molar-refractivity contribution in [2.24, 2.45) is 0 Å². The molecule has 242 valence electrons. The van der Waals surface area contributed by atoms with Crippen LogP contribution in [0.3, 0.4) is 0 Å². The monoisotopic (exact) mass is 607 g/mol. The van der Waals surface area contributed by atoms with Gasteiger partial charge in [-0.2, -0.15) is 0 Å². The van der Waals surface area contributed by atoms with E-state index in [0.717, 1.165) is 23.4 Å². The highest BCUT2D eigenvalue weighted by molar-refractivity contribution is 5.88. The normalized spacial score (nSPS) is 14.3. The van der Waals surface area contributed by atoms with Crippen LogP contribution in [0, 0.1) is 0 Å². The van der Waals surface area contributed by atoms with Gasteiger partial charge in [-0.3, -0.25) is 4.90 Å². The van der Waals surface area contributed by atoms with E-state index >= 15 is 0 Å². The molecule has 0 amide bonds. The first-order valence-electron chi connectivity index (χ1n) is 15.8. The number of phenolic OH excluding ortho intramolecular Hbond substituents is 1. The minimum atomic E-state index is -0.406. The standard InChI is InChI=1S/C22H33NO3.C15H20O3/c1-5-25-21(24)12-10-18-9-11-19(22(2,3)4)17-20(18)26-16-15-23-13-7-6-8-14-23;1-5-18-14(17)9-7-11-6-8-12(10-13(11)16)15(2,3)4/h9-12,17H,5-8,13-16H2,1-4H3;6-10,16H,5H2,1-4H3. The van der Waals surface area contributed by atoms with Crippen LogP contribution in [0.2, 0.25) is 0 Å². The molecule has 0 saturated carbocycles. The number of phenols is 1. The molecule has 1 N–H and O–H groups in total. The average Bonchev–Trinajstić information content (AvgIpc) is 2.96. The van der Waals surface area contributed by atoms with Gasteiger partial charge in [0.15, 0.2) is 0 Å². The van der Waals surface area contributed by atoms with Crippen molar-refractivity contribution in [3.05, 3.63) is 70.8 Å². The highest BCUT2D eigenvalue weighted by atomic mass is 16.5. The number of rotatable bonds is 10. The number of piperidine rings is 1. The minimum absolute atomic E-state index is 0.0130. The van der Waals surface area contributed by atoms with Crippen LogP contribution in [0.5, 0.6) is 11.5 Å². The van der Waals surface area contributed by atoms with E-state index in [-0.39, 0.29) is 22.5 Å². The number of likely N-dealkylation sites (tertiary alicyclic amines) is 1. The molecule has 0 spiro atoms. The SMILES string of the molecule is CCOC(=O)C=Cc1ccc(C(C)(C)C)cc1O.CCOC(=O)C=Cc1ccc(C(C)(C)C)cc1OCCN1CCCCC1. The second-order valence-corrected chi connectivity index (χ2v) is 12.9. The quantitative estimate of drug-likeness (QED) is 0.219. The predicted octanol–water partition coefficient (Wildman–Crippen LogP) is 7.69. The van der Waals surface area contributed by atoms with Crippen molar-refractivity contribution in [2.45, 2.75) is 85.5 Å². The second kappa shape index (κ2) is 17.6. The lowest BCUT2D eigenvalue weighted by Crippen LogP contribution is -2.33. The van der Waals surface area contributed by atoms with Crippen LogP contribution in [0.25, 0.3) is 12.2 Å². The first-order chi connectivity index (χ1) is 20.7. The van der Waals surface area contributed by atoms with E-state index < -0.39 is 5.97 Å². The molecule has 1 aliphatic heterocycles. The van der Waals surface area contributed by atoms with E-state index in [9.17, 15) is 14.7 Å². The lowest BCUT2D eigenvalue weighted by molar-refractivity contribution is -0.138. The Morgan fingerprint density at radius 2 is 1.27 bits per heavy atom. The van der Waals surface area contributed by atoms with Crippen LogP contribution in [-0.4, -0.2) is 61.4 Å². The molecule has 1 saturated heterocycles. The molecule has 1 fully saturated rings. The fourth-order valence-corrected chi connectivity index (χ4v) is 4.58. The average molecular weight is 608 g/mol. The van der Waals surface area contributed by atoms with E-state index in [4.69, 9.17) is 14.2 Å². The summed E-state index contributed by atoms with van der Waals surface area (Å²) in [6.07, 6.45) is 10.0. The molecular formula is C37H53NO6. The van der Waals surface area contributed by atoms with Gasteiger partial charge < -0.3 is 19.3 Å². The summed E-state index contributed by atoms with van der Waals surface area (Å²) >= 11 is 0. The van der Waals surface area contributed by atoms with Gasteiger partial charge in [-0.05, 0) is 86.0 Å². The summed E-state index contributed by atoms with van der Waals surface area (Å²) < 4.78 is 15.9. The third-order valence-corrected chi connectivity index (χ3v) is 7.26. The number of esters is 2. The summed E-state index contributed by atoms with van der Waals surface area (Å²) in [5, 5.41) is 9.89. The van der Waals surface area contributed by atoms with E-state index in [2.05, 4.69) is 58.6 Å². The maximum Gasteiger partial charge on any atom is 0.330 e. The zero-order valence-corrected chi connectivity index (χ0v) is 28.1. The third-order valence-electron chi connectivity index (χ3n) is 7.26. The van der Waals surface area contributed by atoms with Crippen LogP contribution >= 0.6 is 0 Å². The van der Waals surface area contributed by atoms with Gasteiger partial charge >= 0.3 is 11.9 Å². The summed E-state index contributed by atoms with van der Waals surface area (Å²) in [5.74, 6) is 0.265. The lowest BCUT2D eigenvalue weighted by Gasteiger charge is -2.26. The number of nitrogens with zero attached hydrogens (tertiary/aromatic N) is 1. The number of benzene rings is 2. The summed E-state index contributed by atoms with van der Waals surface area (Å²) in [6, 6.07) is 11.7. The molecule has 7 heteroatoms. The van der Waals surface area contributed by atoms with Crippen LogP contribution in [0.1, 0.15) is 96.9 Å². The van der Waals surface area contributed by atoms with E-state index in [0.29, 0.717) is 25.4 Å². The highest BCUT2D eigenvalue weighted by Crippen LogP contribution is 2.30. The Morgan fingerprint density at radius 1 is 0.773 bits per heavy atom. The molecule has 0 radical (unpaired) electrons. The maximum absolute atomic E-state index is 11.6. The Kier molecular flexibility index (Phi) is 14.7. The van der Waals surface area contributed by atoms with Gasteiger partial charge in [-0.15, -0.1) is 0 Å². The van der Waals surface area contributed by atoms with Crippen molar-refractivity contribution in [1.29, 1.82) is 0 Å². The highest BCUT2D eigenvalue weighted by Gasteiger charge is 2.17. The Balaban J connectivity index is 0.000000329. The van der Waals surface area contributed by atoms with Gasteiger partial charge in [-0.1, -0.05) is 72.2 Å². The largest absolute Gasteiger partial charge is 0.507 e. The number of hydrogen-bond donors (Lipinski definition) is 1. The number of hydrogen-bond acceptors (Lipinski definition) is 7. The van der Waals surface area contributed by atoms with Crippen molar-refractivity contribution in [2.75, 3.05) is 39.5 Å². The van der Waals surface area contributed by atoms with E-state index in [1.807, 2.05) is 12.1 Å². The Morgan fingerprint density at radius 3 is 1.77 bits per heavy atom. The van der Waals surface area contributed by atoms with Crippen LogP contribution < -0.4 is 4.74 Å². The number of carbonyl (C=O) groups is 2. The van der Waals surface area contributed by atoms with Gasteiger partial charge in [-0.25, -0.2) is 9.59 Å². The third kappa shape index (κ3) is 13.0. The first-order valence-corrected chi connectivity index (χ1v) is 15.8. The van der Waals surface area contributed by atoms with Crippen molar-refractivity contribution < 1.29 is 28.9 Å². The summed E-state index contributed by atoms with van der Waals surface area (Å²) in [4.78, 5) is 25.2. The zero-order valence-electron chi connectivity index (χ0n) is 28.1. The smallest absolute Gasteiger partial charge is 0.330 e. The summed E-state index contributed by atoms with van der Waals surface area (Å²) in [7, 11) is 0. The van der Waals surface area contributed by atoms with Gasteiger partial charge in [0.1, 0.15) is 18.1 Å². The van der Waals surface area contributed by atoms with Gasteiger partial charge in [0.2, 0.25) is 0 Å². The fraction of sp³-hybridized carbons (Fsp3) is 0.514. The molecule has 0 aliphatic carbocycles. The van der Waals surface area contributed by atoms with E-state index in [1.54, 1.807) is 38.1 Å². The number of ether oxygens (including phenoxy) is 3.